The van der Waals surface area contributed by atoms with Crippen molar-refractivity contribution in [2.45, 2.75) is 26.3 Å². The number of nitrogens with zero attached hydrogens (tertiary/aromatic N) is 1. The molecule has 2 N–H and O–H groups in total. The van der Waals surface area contributed by atoms with Crippen LogP contribution in [-0.2, 0) is 9.59 Å². The summed E-state index contributed by atoms with van der Waals surface area (Å²) in [5, 5.41) is 21.0. The summed E-state index contributed by atoms with van der Waals surface area (Å²) >= 11 is 0. The normalized spacial score (nSPS) is 17.4. The monoisotopic (exact) mass is 443 g/mol. The molecule has 3 aromatic rings. The standard InChI is InChI=1S/C27H25NO5/c1-3-15-33-22-14-11-19(16-17(22)2)25(30)23-24(18-9-12-21(29)13-10-18)28(27(32)26(23)31)20-7-5-4-6-8-20/h4-14,16,24,29-30H,3,15H2,1-2H3/b25-23-. The van der Waals surface area contributed by atoms with Crippen LogP contribution in [0.25, 0.3) is 5.76 Å². The highest BCUT2D eigenvalue weighted by atomic mass is 16.5. The molecule has 33 heavy (non-hydrogen) atoms. The average molecular weight is 443 g/mol. The van der Waals surface area contributed by atoms with E-state index in [2.05, 4.69) is 0 Å². The number of amides is 1. The number of benzene rings is 3. The molecule has 1 atom stereocenters. The van der Waals surface area contributed by atoms with Gasteiger partial charge in [0.1, 0.15) is 17.3 Å². The molecule has 0 spiro atoms. The number of phenols is 1. The van der Waals surface area contributed by atoms with Crippen molar-refractivity contribution >= 4 is 23.1 Å². The fourth-order valence-corrected chi connectivity index (χ4v) is 3.99. The quantitative estimate of drug-likeness (QED) is 0.314. The Balaban J connectivity index is 1.86. The molecule has 1 aliphatic rings. The molecule has 0 bridgehead atoms. The number of ketones is 1. The molecule has 3 aromatic carbocycles. The maximum Gasteiger partial charge on any atom is 0.300 e. The zero-order valence-electron chi connectivity index (χ0n) is 18.5. The molecule has 1 fully saturated rings. The lowest BCUT2D eigenvalue weighted by atomic mass is 9.94. The minimum absolute atomic E-state index is 0.00355. The van der Waals surface area contributed by atoms with E-state index in [1.165, 1.54) is 17.0 Å². The maximum absolute atomic E-state index is 13.2. The molecule has 0 saturated carbocycles. The van der Waals surface area contributed by atoms with Crippen molar-refractivity contribution in [3.63, 3.8) is 0 Å². The fourth-order valence-electron chi connectivity index (χ4n) is 3.99. The highest BCUT2D eigenvalue weighted by Crippen LogP contribution is 2.42. The Morgan fingerprint density at radius 2 is 1.70 bits per heavy atom. The smallest absolute Gasteiger partial charge is 0.300 e. The van der Waals surface area contributed by atoms with Crippen molar-refractivity contribution in [1.29, 1.82) is 0 Å². The van der Waals surface area contributed by atoms with Crippen molar-refractivity contribution < 1.29 is 24.5 Å². The van der Waals surface area contributed by atoms with E-state index in [1.807, 2.05) is 19.9 Å². The number of hydrogen-bond acceptors (Lipinski definition) is 5. The van der Waals surface area contributed by atoms with Crippen LogP contribution in [0, 0.1) is 6.92 Å². The maximum atomic E-state index is 13.2. The number of carbonyl (C=O) groups is 2. The number of aliphatic hydroxyl groups is 1. The number of hydrogen-bond donors (Lipinski definition) is 2. The lowest BCUT2D eigenvalue weighted by Gasteiger charge is -2.25. The Kier molecular flexibility index (Phi) is 6.18. The zero-order chi connectivity index (χ0) is 23.5. The number of aliphatic hydroxyl groups excluding tert-OH is 1. The minimum atomic E-state index is -0.843. The molecule has 4 rings (SSSR count). The molecule has 1 heterocycles. The Morgan fingerprint density at radius 1 is 1.00 bits per heavy atom. The number of carbonyl (C=O) groups excluding carboxylic acids is 2. The summed E-state index contributed by atoms with van der Waals surface area (Å²) in [6.45, 7) is 4.46. The number of aryl methyl sites for hydroxylation is 1. The molecular weight excluding hydrogens is 418 g/mol. The Hall–Kier alpha value is -4.06. The van der Waals surface area contributed by atoms with Crippen LogP contribution in [0.4, 0.5) is 5.69 Å². The number of para-hydroxylation sites is 1. The summed E-state index contributed by atoms with van der Waals surface area (Å²) in [4.78, 5) is 27.6. The van der Waals surface area contributed by atoms with Crippen LogP contribution in [0.1, 0.15) is 36.1 Å². The van der Waals surface area contributed by atoms with Crippen LogP contribution in [-0.4, -0.2) is 28.5 Å². The van der Waals surface area contributed by atoms with E-state index < -0.39 is 17.7 Å². The highest BCUT2D eigenvalue weighted by molar-refractivity contribution is 6.51. The van der Waals surface area contributed by atoms with E-state index >= 15 is 0 Å². The number of aromatic hydroxyl groups is 1. The fraction of sp³-hybridized carbons (Fsp3) is 0.185. The molecule has 0 radical (unpaired) electrons. The zero-order valence-corrected chi connectivity index (χ0v) is 18.5. The van der Waals surface area contributed by atoms with Crippen LogP contribution < -0.4 is 9.64 Å². The van der Waals surface area contributed by atoms with Gasteiger partial charge < -0.3 is 14.9 Å². The molecule has 1 aliphatic heterocycles. The largest absolute Gasteiger partial charge is 0.508 e. The predicted octanol–water partition coefficient (Wildman–Crippen LogP) is 5.12. The molecule has 0 aromatic heterocycles. The second kappa shape index (κ2) is 9.20. The van der Waals surface area contributed by atoms with E-state index in [0.29, 0.717) is 29.2 Å². The number of ether oxygens (including phenoxy) is 1. The number of rotatable bonds is 6. The van der Waals surface area contributed by atoms with Crippen LogP contribution in [0.5, 0.6) is 11.5 Å². The third-order valence-corrected chi connectivity index (χ3v) is 5.60. The summed E-state index contributed by atoms with van der Waals surface area (Å²) in [5.41, 5.74) is 2.36. The molecular formula is C27H25NO5. The molecule has 0 aliphatic carbocycles. The Labute approximate surface area is 192 Å². The SMILES string of the molecule is CCCOc1ccc(/C(O)=C2/C(=O)C(=O)N(c3ccccc3)C2c2ccc(O)cc2)cc1C. The van der Waals surface area contributed by atoms with Gasteiger partial charge in [0, 0.05) is 11.3 Å². The van der Waals surface area contributed by atoms with Gasteiger partial charge in [-0.15, -0.1) is 0 Å². The van der Waals surface area contributed by atoms with Crippen LogP contribution in [0.15, 0.2) is 78.4 Å². The summed E-state index contributed by atoms with van der Waals surface area (Å²) in [5.74, 6) is -0.976. The van der Waals surface area contributed by atoms with Crippen molar-refractivity contribution in [3.8, 4) is 11.5 Å². The van der Waals surface area contributed by atoms with E-state index in [1.54, 1.807) is 54.6 Å². The van der Waals surface area contributed by atoms with E-state index in [4.69, 9.17) is 4.74 Å². The first kappa shape index (κ1) is 22.1. The van der Waals surface area contributed by atoms with Gasteiger partial charge in [0.2, 0.25) is 0 Å². The van der Waals surface area contributed by atoms with Crippen LogP contribution in [0.3, 0.4) is 0 Å². The van der Waals surface area contributed by atoms with Gasteiger partial charge in [0.15, 0.2) is 0 Å². The lowest BCUT2D eigenvalue weighted by molar-refractivity contribution is -0.132. The number of phenolic OH excluding ortho intramolecular Hbond substituents is 1. The van der Waals surface area contributed by atoms with Gasteiger partial charge in [-0.1, -0.05) is 37.3 Å². The topological polar surface area (TPSA) is 87.1 Å². The van der Waals surface area contributed by atoms with Gasteiger partial charge in [-0.05, 0) is 66.9 Å². The van der Waals surface area contributed by atoms with Crippen LogP contribution >= 0.6 is 0 Å². The van der Waals surface area contributed by atoms with Gasteiger partial charge in [0.25, 0.3) is 11.7 Å². The van der Waals surface area contributed by atoms with Crippen molar-refractivity contribution in [2.75, 3.05) is 11.5 Å². The number of Topliss-reactive ketones (excluding diaryl/α,β-unsaturated/α-hetero) is 1. The van der Waals surface area contributed by atoms with Crippen molar-refractivity contribution in [1.82, 2.24) is 0 Å². The third-order valence-electron chi connectivity index (χ3n) is 5.60. The molecule has 1 unspecified atom stereocenters. The highest BCUT2D eigenvalue weighted by Gasteiger charge is 2.46. The first-order valence-corrected chi connectivity index (χ1v) is 10.8. The predicted molar refractivity (Wildman–Crippen MR) is 126 cm³/mol. The Morgan fingerprint density at radius 3 is 2.33 bits per heavy atom. The molecule has 6 heteroatoms. The van der Waals surface area contributed by atoms with E-state index in [9.17, 15) is 19.8 Å². The summed E-state index contributed by atoms with van der Waals surface area (Å²) in [6, 6.07) is 19.4. The third kappa shape index (κ3) is 4.20. The lowest BCUT2D eigenvalue weighted by Crippen LogP contribution is -2.29. The first-order chi connectivity index (χ1) is 15.9. The van der Waals surface area contributed by atoms with E-state index in [0.717, 1.165) is 12.0 Å². The van der Waals surface area contributed by atoms with Crippen molar-refractivity contribution in [2.24, 2.45) is 0 Å². The van der Waals surface area contributed by atoms with Gasteiger partial charge in [-0.2, -0.15) is 0 Å². The minimum Gasteiger partial charge on any atom is -0.508 e. The summed E-state index contributed by atoms with van der Waals surface area (Å²) < 4.78 is 5.71. The second-order valence-electron chi connectivity index (χ2n) is 7.92. The van der Waals surface area contributed by atoms with Gasteiger partial charge >= 0.3 is 0 Å². The van der Waals surface area contributed by atoms with Crippen LogP contribution in [0.2, 0.25) is 0 Å². The first-order valence-electron chi connectivity index (χ1n) is 10.8. The van der Waals surface area contributed by atoms with E-state index in [-0.39, 0.29) is 17.1 Å². The van der Waals surface area contributed by atoms with Crippen molar-refractivity contribution in [3.05, 3.63) is 95.1 Å². The van der Waals surface area contributed by atoms with Gasteiger partial charge in [0.05, 0.1) is 18.2 Å². The second-order valence-corrected chi connectivity index (χ2v) is 7.92. The Bertz CT molecular complexity index is 1220. The van der Waals surface area contributed by atoms with Gasteiger partial charge in [-0.3, -0.25) is 14.5 Å². The molecule has 6 nitrogen and oxygen atoms in total. The molecule has 168 valence electrons. The molecule has 1 amide bonds. The summed E-state index contributed by atoms with van der Waals surface area (Å²) in [7, 11) is 0. The van der Waals surface area contributed by atoms with Gasteiger partial charge in [-0.25, -0.2) is 0 Å². The number of anilines is 1. The molecule has 1 saturated heterocycles. The summed E-state index contributed by atoms with van der Waals surface area (Å²) in [6.07, 6.45) is 0.872. The average Bonchev–Trinajstić information content (AvgIpc) is 3.09.